The molecule has 2 rings (SSSR count). The summed E-state index contributed by atoms with van der Waals surface area (Å²) in [4.78, 5) is 14.5. The van der Waals surface area contributed by atoms with Gasteiger partial charge in [-0.15, -0.1) is 0 Å². The van der Waals surface area contributed by atoms with E-state index in [9.17, 15) is 4.79 Å². The summed E-state index contributed by atoms with van der Waals surface area (Å²) in [5, 5.41) is 2.96. The lowest BCUT2D eigenvalue weighted by Gasteiger charge is -2.24. The predicted octanol–water partition coefficient (Wildman–Crippen LogP) is 3.54. The molecule has 0 aliphatic heterocycles. The molecule has 1 N–H and O–H groups in total. The number of para-hydroxylation sites is 2. The molecule has 0 heterocycles. The zero-order valence-electron chi connectivity index (χ0n) is 14.0. The molecule has 0 aliphatic rings. The van der Waals surface area contributed by atoms with E-state index >= 15 is 0 Å². The van der Waals surface area contributed by atoms with E-state index in [1.54, 1.807) is 0 Å². The van der Waals surface area contributed by atoms with Crippen molar-refractivity contribution in [2.45, 2.75) is 26.4 Å². The SMILES string of the molecule is CCOc1ccccc1NC(=O)[C@@H](C)N(C)Cc1ccccc1. The number of nitrogens with zero attached hydrogens (tertiary/aromatic N) is 1. The average molecular weight is 312 g/mol. The highest BCUT2D eigenvalue weighted by atomic mass is 16.5. The smallest absolute Gasteiger partial charge is 0.241 e. The van der Waals surface area contributed by atoms with Crippen molar-refractivity contribution in [1.82, 2.24) is 4.90 Å². The van der Waals surface area contributed by atoms with Crippen molar-refractivity contribution < 1.29 is 9.53 Å². The second-order valence-corrected chi connectivity index (χ2v) is 5.50. The van der Waals surface area contributed by atoms with Crippen molar-refractivity contribution in [2.75, 3.05) is 19.0 Å². The molecule has 0 aromatic heterocycles. The molecule has 1 amide bonds. The molecule has 0 saturated heterocycles. The fourth-order valence-corrected chi connectivity index (χ4v) is 2.30. The third kappa shape index (κ3) is 4.83. The molecule has 2 aromatic rings. The van der Waals surface area contributed by atoms with Gasteiger partial charge in [-0.2, -0.15) is 0 Å². The van der Waals surface area contributed by atoms with E-state index in [-0.39, 0.29) is 11.9 Å². The number of hydrogen-bond acceptors (Lipinski definition) is 3. The molecule has 1 atom stereocenters. The number of hydrogen-bond donors (Lipinski definition) is 1. The Labute approximate surface area is 138 Å². The van der Waals surface area contributed by atoms with E-state index in [4.69, 9.17) is 4.74 Å². The zero-order chi connectivity index (χ0) is 16.7. The molecule has 0 unspecified atom stereocenters. The number of carbonyl (C=O) groups excluding carboxylic acids is 1. The maximum Gasteiger partial charge on any atom is 0.241 e. The molecule has 122 valence electrons. The van der Waals surface area contributed by atoms with E-state index in [2.05, 4.69) is 17.4 Å². The second kappa shape index (κ2) is 8.34. The van der Waals surface area contributed by atoms with Crippen LogP contribution in [0.4, 0.5) is 5.69 Å². The van der Waals surface area contributed by atoms with Crippen LogP contribution >= 0.6 is 0 Å². The summed E-state index contributed by atoms with van der Waals surface area (Å²) in [6.07, 6.45) is 0. The summed E-state index contributed by atoms with van der Waals surface area (Å²) < 4.78 is 5.55. The first-order valence-corrected chi connectivity index (χ1v) is 7.88. The van der Waals surface area contributed by atoms with Gasteiger partial charge in [0.1, 0.15) is 5.75 Å². The van der Waals surface area contributed by atoms with Gasteiger partial charge in [-0.25, -0.2) is 0 Å². The van der Waals surface area contributed by atoms with Crippen molar-refractivity contribution in [2.24, 2.45) is 0 Å². The Hall–Kier alpha value is -2.33. The molecule has 0 bridgehead atoms. The van der Waals surface area contributed by atoms with E-state index in [1.165, 1.54) is 5.56 Å². The number of likely N-dealkylation sites (N-methyl/N-ethyl adjacent to an activating group) is 1. The molecule has 23 heavy (non-hydrogen) atoms. The number of carbonyl (C=O) groups is 1. The second-order valence-electron chi connectivity index (χ2n) is 5.50. The van der Waals surface area contributed by atoms with Crippen LogP contribution in [0.25, 0.3) is 0 Å². The summed E-state index contributed by atoms with van der Waals surface area (Å²) in [6, 6.07) is 17.4. The Balaban J connectivity index is 1.99. The van der Waals surface area contributed by atoms with E-state index in [1.807, 2.05) is 68.3 Å². The van der Waals surface area contributed by atoms with Crippen LogP contribution in [-0.2, 0) is 11.3 Å². The maximum absolute atomic E-state index is 12.5. The first-order valence-electron chi connectivity index (χ1n) is 7.88. The molecule has 0 fully saturated rings. The molecule has 2 aromatic carbocycles. The first-order chi connectivity index (χ1) is 11.1. The maximum atomic E-state index is 12.5. The van der Waals surface area contributed by atoms with Crippen LogP contribution in [0.1, 0.15) is 19.4 Å². The van der Waals surface area contributed by atoms with Crippen LogP contribution < -0.4 is 10.1 Å². The quantitative estimate of drug-likeness (QED) is 0.850. The van der Waals surface area contributed by atoms with Gasteiger partial charge in [0, 0.05) is 6.54 Å². The fraction of sp³-hybridized carbons (Fsp3) is 0.316. The number of rotatable bonds is 7. The summed E-state index contributed by atoms with van der Waals surface area (Å²) in [7, 11) is 1.95. The average Bonchev–Trinajstić information content (AvgIpc) is 2.57. The van der Waals surface area contributed by atoms with Crippen LogP contribution in [-0.4, -0.2) is 30.5 Å². The number of ether oxygens (including phenoxy) is 1. The van der Waals surface area contributed by atoms with Crippen LogP contribution in [0.3, 0.4) is 0 Å². The normalized spacial score (nSPS) is 12.0. The monoisotopic (exact) mass is 312 g/mol. The molecule has 0 radical (unpaired) electrons. The first kappa shape index (κ1) is 17.0. The highest BCUT2D eigenvalue weighted by Gasteiger charge is 2.19. The number of nitrogens with one attached hydrogen (secondary N) is 1. The summed E-state index contributed by atoms with van der Waals surface area (Å²) in [5.74, 6) is 0.650. The van der Waals surface area contributed by atoms with Gasteiger partial charge in [-0.3, -0.25) is 9.69 Å². The fourth-order valence-electron chi connectivity index (χ4n) is 2.30. The van der Waals surface area contributed by atoms with Crippen molar-refractivity contribution in [3.05, 3.63) is 60.2 Å². The summed E-state index contributed by atoms with van der Waals surface area (Å²) >= 11 is 0. The van der Waals surface area contributed by atoms with Crippen molar-refractivity contribution in [3.8, 4) is 5.75 Å². The highest BCUT2D eigenvalue weighted by Crippen LogP contribution is 2.24. The summed E-state index contributed by atoms with van der Waals surface area (Å²) in [6.45, 7) is 5.12. The number of benzene rings is 2. The molecule has 4 nitrogen and oxygen atoms in total. The lowest BCUT2D eigenvalue weighted by Crippen LogP contribution is -2.39. The zero-order valence-corrected chi connectivity index (χ0v) is 14.0. The molecular weight excluding hydrogens is 288 g/mol. The van der Waals surface area contributed by atoms with Crippen LogP contribution in [0.15, 0.2) is 54.6 Å². The van der Waals surface area contributed by atoms with Crippen LogP contribution in [0.5, 0.6) is 5.75 Å². The van der Waals surface area contributed by atoms with Gasteiger partial charge in [-0.1, -0.05) is 42.5 Å². The summed E-state index contributed by atoms with van der Waals surface area (Å²) in [5.41, 5.74) is 1.89. The van der Waals surface area contributed by atoms with Gasteiger partial charge < -0.3 is 10.1 Å². The van der Waals surface area contributed by atoms with Gasteiger partial charge in [0.05, 0.1) is 18.3 Å². The molecule has 0 spiro atoms. The Morgan fingerprint density at radius 1 is 1.13 bits per heavy atom. The van der Waals surface area contributed by atoms with Crippen molar-refractivity contribution in [1.29, 1.82) is 0 Å². The molecule has 0 saturated carbocycles. The van der Waals surface area contributed by atoms with E-state index in [0.29, 0.717) is 18.0 Å². The Kier molecular flexibility index (Phi) is 6.18. The number of amides is 1. The Morgan fingerprint density at radius 3 is 2.48 bits per heavy atom. The molecule has 0 aliphatic carbocycles. The van der Waals surface area contributed by atoms with Gasteiger partial charge in [-0.05, 0) is 38.6 Å². The van der Waals surface area contributed by atoms with E-state index < -0.39 is 0 Å². The molecular formula is C19H24N2O2. The number of anilines is 1. The van der Waals surface area contributed by atoms with E-state index in [0.717, 1.165) is 6.54 Å². The Morgan fingerprint density at radius 2 is 1.78 bits per heavy atom. The van der Waals surface area contributed by atoms with Crippen LogP contribution in [0, 0.1) is 0 Å². The standard InChI is InChI=1S/C19H24N2O2/c1-4-23-18-13-9-8-12-17(18)20-19(22)15(2)21(3)14-16-10-6-5-7-11-16/h5-13,15H,4,14H2,1-3H3,(H,20,22)/t15-/m1/s1. The minimum Gasteiger partial charge on any atom is -0.492 e. The third-order valence-corrected chi connectivity index (χ3v) is 3.76. The van der Waals surface area contributed by atoms with Gasteiger partial charge in [0.2, 0.25) is 5.91 Å². The third-order valence-electron chi connectivity index (χ3n) is 3.76. The largest absolute Gasteiger partial charge is 0.492 e. The lowest BCUT2D eigenvalue weighted by atomic mass is 10.2. The lowest BCUT2D eigenvalue weighted by molar-refractivity contribution is -0.120. The van der Waals surface area contributed by atoms with Crippen LogP contribution in [0.2, 0.25) is 0 Å². The minimum absolute atomic E-state index is 0.0458. The van der Waals surface area contributed by atoms with Gasteiger partial charge >= 0.3 is 0 Å². The highest BCUT2D eigenvalue weighted by molar-refractivity contribution is 5.95. The van der Waals surface area contributed by atoms with Gasteiger partial charge in [0.25, 0.3) is 0 Å². The molecule has 4 heteroatoms. The predicted molar refractivity (Wildman–Crippen MR) is 93.6 cm³/mol. The van der Waals surface area contributed by atoms with Crippen molar-refractivity contribution in [3.63, 3.8) is 0 Å². The van der Waals surface area contributed by atoms with Crippen molar-refractivity contribution >= 4 is 11.6 Å². The van der Waals surface area contributed by atoms with Gasteiger partial charge in [0.15, 0.2) is 0 Å². The topological polar surface area (TPSA) is 41.6 Å². The Bertz CT molecular complexity index is 628. The minimum atomic E-state index is -0.245.